The first-order valence-corrected chi connectivity index (χ1v) is 16.8. The van der Waals surface area contributed by atoms with Crippen molar-refractivity contribution in [1.29, 1.82) is 0 Å². The number of carboxylic acid groups (broad SMARTS) is 1. The molecule has 0 saturated heterocycles. The van der Waals surface area contributed by atoms with E-state index < -0.39 is 39.4 Å². The van der Waals surface area contributed by atoms with Gasteiger partial charge in [0.05, 0.1) is 27.7 Å². The van der Waals surface area contributed by atoms with Crippen LogP contribution in [0.2, 0.25) is 39.3 Å². The number of carbonyl (C=O) groups excluding carboxylic acids is 1. The van der Waals surface area contributed by atoms with Gasteiger partial charge in [0.2, 0.25) is 0 Å². The van der Waals surface area contributed by atoms with Crippen LogP contribution in [0.25, 0.3) is 0 Å². The Bertz CT molecular complexity index is 961. The number of alkyl halides is 3. The summed E-state index contributed by atoms with van der Waals surface area (Å²) in [6.07, 6.45) is -4.82. The molecule has 0 radical (unpaired) electrons. The van der Waals surface area contributed by atoms with E-state index in [1.807, 2.05) is 12.1 Å². The van der Waals surface area contributed by atoms with E-state index in [1.54, 1.807) is 0 Å². The number of carboxylic acids is 1. The van der Waals surface area contributed by atoms with Gasteiger partial charge in [-0.2, -0.15) is 13.2 Å². The lowest BCUT2D eigenvalue weighted by molar-refractivity contribution is -0.255. The third kappa shape index (κ3) is 5.80. The maximum absolute atomic E-state index is 13.3. The van der Waals surface area contributed by atoms with Crippen molar-refractivity contribution in [2.45, 2.75) is 45.5 Å². The summed E-state index contributed by atoms with van der Waals surface area (Å²) in [4.78, 5) is 11.3. The number of hydrogen-bond acceptors (Lipinski definition) is 3. The highest BCUT2D eigenvalue weighted by atomic mass is 32.1. The number of nitrogens with one attached hydrogen (secondary N) is 1. The molecule has 9 heteroatoms. The largest absolute Gasteiger partial charge is 0.545 e. The zero-order valence-electron chi connectivity index (χ0n) is 17.8. The Morgan fingerprint density at radius 2 is 1.43 bits per heavy atom. The predicted octanol–water partition coefficient (Wildman–Crippen LogP) is 3.95. The topological polar surface area (TPSA) is 52.2 Å². The summed E-state index contributed by atoms with van der Waals surface area (Å²) in [6, 6.07) is 9.14. The third-order valence-electron chi connectivity index (χ3n) is 4.73. The van der Waals surface area contributed by atoms with Crippen molar-refractivity contribution in [1.82, 2.24) is 0 Å². The molecular weight excluding hydrogens is 443 g/mol. The molecule has 3 nitrogen and oxygen atoms in total. The van der Waals surface area contributed by atoms with E-state index in [-0.39, 0.29) is 5.69 Å². The van der Waals surface area contributed by atoms with E-state index in [4.69, 9.17) is 12.2 Å². The number of halogens is 3. The molecule has 0 unspecified atom stereocenters. The van der Waals surface area contributed by atoms with E-state index in [0.717, 1.165) is 17.7 Å². The predicted molar refractivity (Wildman–Crippen MR) is 123 cm³/mol. The highest BCUT2D eigenvalue weighted by molar-refractivity contribution is 7.81. The molecule has 162 valence electrons. The Morgan fingerprint density at radius 3 is 1.83 bits per heavy atom. The van der Waals surface area contributed by atoms with Crippen molar-refractivity contribution in [3.63, 3.8) is 0 Å². The van der Waals surface area contributed by atoms with Crippen molar-refractivity contribution < 1.29 is 23.1 Å². The van der Waals surface area contributed by atoms with E-state index in [9.17, 15) is 23.1 Å². The second kappa shape index (κ2) is 8.28. The second-order valence-electron chi connectivity index (χ2n) is 9.30. The summed E-state index contributed by atoms with van der Waals surface area (Å²) in [5.41, 5.74) is -1.35. The fourth-order valence-corrected chi connectivity index (χ4v) is 5.60. The molecule has 0 amide bonds. The Balaban J connectivity index is 2.49. The average molecular weight is 469 g/mol. The molecule has 1 N–H and O–H groups in total. The van der Waals surface area contributed by atoms with E-state index in [1.165, 1.54) is 16.4 Å². The smallest absolute Gasteiger partial charge is 0.417 e. The monoisotopic (exact) mass is 468 g/mol. The third-order valence-corrected chi connectivity index (χ3v) is 9.11. The van der Waals surface area contributed by atoms with E-state index in [2.05, 4.69) is 50.7 Å². The maximum atomic E-state index is 13.3. The molecule has 0 aliphatic rings. The molecule has 2 aromatic carbocycles. The SMILES string of the molecule is C[Si](C)(C)c1cc(C(=S)Nc2ccc(C(=O)[O-])c(C(F)(F)F)c2)cc([Si](C)(C)C)c1. The van der Waals surface area contributed by atoms with Crippen molar-refractivity contribution in [3.05, 3.63) is 53.1 Å². The van der Waals surface area contributed by atoms with Crippen LogP contribution in [0, 0.1) is 0 Å². The van der Waals surface area contributed by atoms with Gasteiger partial charge in [0.25, 0.3) is 0 Å². The van der Waals surface area contributed by atoms with Crippen LogP contribution in [-0.4, -0.2) is 27.1 Å². The first-order chi connectivity index (χ1) is 13.5. The minimum absolute atomic E-state index is 0.0743. The molecule has 30 heavy (non-hydrogen) atoms. The van der Waals surface area contributed by atoms with Crippen LogP contribution in [0.1, 0.15) is 21.5 Å². The number of hydrogen-bond donors (Lipinski definition) is 1. The standard InChI is InChI=1S/C21H26F3NO2SSi2/c1-29(2,3)15-9-13(10-16(12-15)30(4,5)6)19(28)25-14-7-8-17(20(26)27)18(11-14)21(22,23)24/h7-12H,1-6H3,(H,25,28)(H,26,27)/p-1. The molecule has 2 rings (SSSR count). The minimum Gasteiger partial charge on any atom is -0.545 e. The summed E-state index contributed by atoms with van der Waals surface area (Å²) in [5.74, 6) is -1.88. The van der Waals surface area contributed by atoms with Crippen LogP contribution in [-0.2, 0) is 6.18 Å². The first kappa shape index (κ1) is 24.3. The zero-order chi connectivity index (χ0) is 23.1. The lowest BCUT2D eigenvalue weighted by Crippen LogP contribution is -2.45. The number of thiocarbonyl (C=S) groups is 1. The average Bonchev–Trinajstić information content (AvgIpc) is 2.58. The van der Waals surface area contributed by atoms with Crippen LogP contribution >= 0.6 is 12.2 Å². The van der Waals surface area contributed by atoms with Crippen LogP contribution in [0.15, 0.2) is 36.4 Å². The van der Waals surface area contributed by atoms with Crippen molar-refractivity contribution >= 4 is 55.4 Å². The Labute approximate surface area is 182 Å². The van der Waals surface area contributed by atoms with Crippen molar-refractivity contribution in [2.75, 3.05) is 5.32 Å². The Morgan fingerprint density at radius 1 is 0.933 bits per heavy atom. The molecule has 0 atom stereocenters. The van der Waals surface area contributed by atoms with Crippen LogP contribution in [0.4, 0.5) is 18.9 Å². The van der Waals surface area contributed by atoms with Crippen LogP contribution < -0.4 is 20.8 Å². The summed E-state index contributed by atoms with van der Waals surface area (Å²) in [7, 11) is -3.31. The quantitative estimate of drug-likeness (QED) is 0.533. The van der Waals surface area contributed by atoms with Gasteiger partial charge in [-0.25, -0.2) is 0 Å². The van der Waals surface area contributed by atoms with Gasteiger partial charge in [0, 0.05) is 16.8 Å². The molecule has 0 heterocycles. The van der Waals surface area contributed by atoms with Gasteiger partial charge in [-0.15, -0.1) is 0 Å². The maximum Gasteiger partial charge on any atom is 0.417 e. The van der Waals surface area contributed by atoms with Crippen molar-refractivity contribution in [3.8, 4) is 0 Å². The molecule has 0 fully saturated rings. The molecule has 0 saturated carbocycles. The van der Waals surface area contributed by atoms with E-state index in [0.29, 0.717) is 4.99 Å². The fraction of sp³-hybridized carbons (Fsp3) is 0.333. The number of benzene rings is 2. The van der Waals surface area contributed by atoms with Gasteiger partial charge < -0.3 is 15.2 Å². The minimum atomic E-state index is -4.82. The summed E-state index contributed by atoms with van der Waals surface area (Å²) >= 11 is 5.50. The summed E-state index contributed by atoms with van der Waals surface area (Å²) < 4.78 is 39.8. The lowest BCUT2D eigenvalue weighted by atomic mass is 10.1. The number of carbonyl (C=O) groups is 1. The van der Waals surface area contributed by atoms with Gasteiger partial charge in [-0.05, 0) is 12.1 Å². The summed E-state index contributed by atoms with van der Waals surface area (Å²) in [5, 5.41) is 16.3. The Kier molecular flexibility index (Phi) is 6.70. The van der Waals surface area contributed by atoms with E-state index >= 15 is 0 Å². The molecule has 0 aliphatic carbocycles. The zero-order valence-corrected chi connectivity index (χ0v) is 20.6. The lowest BCUT2D eigenvalue weighted by Gasteiger charge is -2.24. The molecule has 0 spiro atoms. The Hall–Kier alpha value is -1.98. The number of rotatable bonds is 5. The van der Waals surface area contributed by atoms with Gasteiger partial charge in [0.15, 0.2) is 0 Å². The highest BCUT2D eigenvalue weighted by Gasteiger charge is 2.34. The van der Waals surface area contributed by atoms with Crippen molar-refractivity contribution in [2.24, 2.45) is 0 Å². The molecule has 0 aromatic heterocycles. The second-order valence-corrected chi connectivity index (χ2v) is 19.9. The fourth-order valence-electron chi connectivity index (χ4n) is 2.86. The molecule has 2 aromatic rings. The van der Waals surface area contributed by atoms with Gasteiger partial charge in [-0.3, -0.25) is 0 Å². The number of anilines is 1. The summed E-state index contributed by atoms with van der Waals surface area (Å²) in [6.45, 7) is 13.4. The molecule has 0 bridgehead atoms. The van der Waals surface area contributed by atoms with Crippen LogP contribution in [0.5, 0.6) is 0 Å². The van der Waals surface area contributed by atoms with Gasteiger partial charge in [-0.1, -0.05) is 86.1 Å². The van der Waals surface area contributed by atoms with Gasteiger partial charge >= 0.3 is 6.18 Å². The molecule has 0 aliphatic heterocycles. The highest BCUT2D eigenvalue weighted by Crippen LogP contribution is 2.33. The van der Waals surface area contributed by atoms with Gasteiger partial charge in [0.1, 0.15) is 4.99 Å². The first-order valence-electron chi connectivity index (χ1n) is 9.40. The van der Waals surface area contributed by atoms with Crippen LogP contribution in [0.3, 0.4) is 0 Å². The number of aromatic carboxylic acids is 1. The molecular formula is C21H25F3NO2SSi2-. The normalized spacial score (nSPS) is 12.6.